The second-order valence-corrected chi connectivity index (χ2v) is 60.3. The molecule has 0 aromatic rings. The third-order valence-corrected chi connectivity index (χ3v) is 0. The van der Waals surface area contributed by atoms with Crippen molar-refractivity contribution in [3.05, 3.63) is 0 Å². The van der Waals surface area contributed by atoms with Crippen molar-refractivity contribution >= 4 is 75.7 Å². The van der Waals surface area contributed by atoms with E-state index in [-0.39, 0.29) is 18.3 Å². The van der Waals surface area contributed by atoms with Gasteiger partial charge < -0.3 is 0 Å². The molecule has 0 rings (SSSR count). The van der Waals surface area contributed by atoms with Crippen molar-refractivity contribution in [1.29, 1.82) is 0 Å². The summed E-state index contributed by atoms with van der Waals surface area (Å²) >= 11 is 0. The van der Waals surface area contributed by atoms with Gasteiger partial charge in [0.25, 0.3) is 0 Å². The van der Waals surface area contributed by atoms with Crippen LogP contribution in [-0.4, -0.2) is 75.7 Å². The van der Waals surface area contributed by atoms with E-state index in [9.17, 15) is 0 Å². The van der Waals surface area contributed by atoms with Crippen LogP contribution in [0.25, 0.3) is 0 Å². The molecule has 8 heavy (non-hydrogen) atoms. The molecule has 0 heterocycles. The third-order valence-electron chi connectivity index (χ3n) is 0. The highest BCUT2D eigenvalue weighted by molar-refractivity contribution is 7.49. The molecule has 0 fully saturated rings. The molecular formula is H20Si8. The molecule has 0 saturated heterocycles. The molecular weight excluding hydrogens is 225 g/mol. The van der Waals surface area contributed by atoms with E-state index < -0.39 is 0 Å². The lowest BCUT2D eigenvalue weighted by molar-refractivity contribution is 4.02. The first kappa shape index (κ1) is 16.4. The lowest BCUT2D eigenvalue weighted by Crippen LogP contribution is -2.11. The van der Waals surface area contributed by atoms with Gasteiger partial charge in [-0.3, -0.25) is 0 Å². The highest BCUT2D eigenvalue weighted by Gasteiger charge is 1.72. The molecule has 0 aromatic heterocycles. The Kier molecular flexibility index (Phi) is 32.5. The minimum Gasteiger partial charge on any atom is -0.0149 e. The number of hydrogen-bond donors (Lipinski definition) is 0. The summed E-state index contributed by atoms with van der Waals surface area (Å²) in [6.07, 6.45) is 0. The molecule has 0 unspecified atom stereocenters. The average Bonchev–Trinajstić information content (AvgIpc) is 1.33. The Hall–Kier alpha value is 1.74. The van der Waals surface area contributed by atoms with Gasteiger partial charge in [-0.15, -0.1) is 0 Å². The van der Waals surface area contributed by atoms with Crippen LogP contribution in [0.3, 0.4) is 0 Å². The standard InChI is InChI=1S/H10Si4.H6Si3.H4Si/c1-4(2)3;1-3-2;/h4H,1-3H3;1-2H3;1H4. The molecule has 0 N–H and O–H groups in total. The highest BCUT2D eigenvalue weighted by Crippen LogP contribution is 1.35. The van der Waals surface area contributed by atoms with Crippen LogP contribution < -0.4 is 0 Å². The fraction of sp³-hybridized carbons (Fsp3) is 0. The van der Waals surface area contributed by atoms with Crippen LogP contribution >= 0.6 is 0 Å². The summed E-state index contributed by atoms with van der Waals surface area (Å²) < 4.78 is 0. The van der Waals surface area contributed by atoms with Crippen LogP contribution in [0.15, 0.2) is 0 Å². The van der Waals surface area contributed by atoms with E-state index in [0.29, 0.717) is 0 Å². The lowest BCUT2D eigenvalue weighted by atomic mass is 26.4. The number of rotatable bonds is 0. The summed E-state index contributed by atoms with van der Waals surface area (Å²) in [7, 11) is 9.39. The Morgan fingerprint density at radius 2 is 1.00 bits per heavy atom. The summed E-state index contributed by atoms with van der Waals surface area (Å²) in [4.78, 5) is 0. The SMILES string of the molecule is [SiH3][SiH]([SiH3])[SiH3].[SiH3][Si][SiH3].[SiH4]. The molecule has 8 heteroatoms. The van der Waals surface area contributed by atoms with Crippen LogP contribution in [0.2, 0.25) is 0 Å². The third kappa shape index (κ3) is 117. The van der Waals surface area contributed by atoms with Crippen molar-refractivity contribution in [3.8, 4) is 0 Å². The fourth-order valence-electron chi connectivity index (χ4n) is 0. The monoisotopic (exact) mass is 244 g/mol. The first-order chi connectivity index (χ1) is 3.15. The lowest BCUT2D eigenvalue weighted by Gasteiger charge is -1.74. The van der Waals surface area contributed by atoms with Gasteiger partial charge in [0.05, 0.1) is 0 Å². The van der Waals surface area contributed by atoms with Gasteiger partial charge in [0.15, 0.2) is 0 Å². The van der Waals surface area contributed by atoms with E-state index in [1.165, 1.54) is 28.1 Å². The predicted octanol–water partition coefficient (Wildman–Crippen LogP) is -8.40. The van der Waals surface area contributed by atoms with Crippen LogP contribution in [-0.2, 0) is 0 Å². The largest absolute Gasteiger partial charge is 0.0149 e. The second-order valence-electron chi connectivity index (χ2n) is 2.23. The summed E-state index contributed by atoms with van der Waals surface area (Å²) in [5.74, 6) is 0. The molecule has 0 saturated carbocycles. The molecule has 2 radical (unpaired) electrons. The number of hydrogen-bond acceptors (Lipinski definition) is 0. The molecule has 0 bridgehead atoms. The zero-order valence-electron chi connectivity index (χ0n) is 6.08. The van der Waals surface area contributed by atoms with Gasteiger partial charge in [-0.05, 0) is 75.7 Å². The molecule has 0 atom stereocenters. The van der Waals surface area contributed by atoms with Gasteiger partial charge in [-0.2, -0.15) is 0 Å². The zero-order chi connectivity index (χ0) is 6.28. The molecule has 0 aliphatic heterocycles. The van der Waals surface area contributed by atoms with Gasteiger partial charge >= 0.3 is 0 Å². The van der Waals surface area contributed by atoms with Gasteiger partial charge in [0.2, 0.25) is 0 Å². The molecule has 0 nitrogen and oxygen atoms in total. The Morgan fingerprint density at radius 3 is 1.00 bits per heavy atom. The Balaban J connectivity index is -0.0000000575. The zero-order valence-corrected chi connectivity index (χ0v) is 18.2. The highest BCUT2D eigenvalue weighted by atomic mass is 29.8. The van der Waals surface area contributed by atoms with Crippen molar-refractivity contribution in [3.63, 3.8) is 0 Å². The van der Waals surface area contributed by atoms with E-state index in [1.54, 1.807) is 29.3 Å². The van der Waals surface area contributed by atoms with E-state index >= 15 is 0 Å². The van der Waals surface area contributed by atoms with Crippen LogP contribution in [0.5, 0.6) is 0 Å². The van der Waals surface area contributed by atoms with Crippen molar-refractivity contribution in [2.45, 2.75) is 0 Å². The van der Waals surface area contributed by atoms with Gasteiger partial charge in [0, 0.05) is 0 Å². The van der Waals surface area contributed by atoms with E-state index in [2.05, 4.69) is 0 Å². The smallest absolute Gasteiger partial charge is 0.00394 e. The van der Waals surface area contributed by atoms with Crippen molar-refractivity contribution < 1.29 is 0 Å². The molecule has 0 spiro atoms. The first-order valence-electron chi connectivity index (χ1n) is 2.73. The molecule has 0 aliphatic carbocycles. The van der Waals surface area contributed by atoms with Crippen molar-refractivity contribution in [2.75, 3.05) is 0 Å². The Bertz CT molecular complexity index is 11.2. The Labute approximate surface area is 75.5 Å². The summed E-state index contributed by atoms with van der Waals surface area (Å²) in [6.45, 7) is 0. The van der Waals surface area contributed by atoms with Gasteiger partial charge in [-0.1, -0.05) is 0 Å². The van der Waals surface area contributed by atoms with Crippen LogP contribution in [0, 0.1) is 0 Å². The summed E-state index contributed by atoms with van der Waals surface area (Å²) in [5, 5.41) is 0. The van der Waals surface area contributed by atoms with E-state index in [1.807, 2.05) is 0 Å². The second kappa shape index (κ2) is 15.9. The Morgan fingerprint density at radius 1 is 1.00 bits per heavy atom. The van der Waals surface area contributed by atoms with E-state index in [4.69, 9.17) is 0 Å². The van der Waals surface area contributed by atoms with Crippen molar-refractivity contribution in [2.24, 2.45) is 0 Å². The molecule has 0 aromatic carbocycles. The quantitative estimate of drug-likeness (QED) is 0.372. The minimum atomic E-state index is 0. The fourth-order valence-corrected chi connectivity index (χ4v) is 0. The topological polar surface area (TPSA) is 0 Å². The maximum Gasteiger partial charge on any atom is -0.00394 e. The molecule has 0 amide bonds. The van der Waals surface area contributed by atoms with E-state index in [0.717, 1.165) is 0 Å². The van der Waals surface area contributed by atoms with Gasteiger partial charge in [0.1, 0.15) is 0 Å². The molecule has 52 valence electrons. The normalized spacial score (nSPS) is 12.0. The summed E-state index contributed by atoms with van der Waals surface area (Å²) in [6, 6.07) is 0. The summed E-state index contributed by atoms with van der Waals surface area (Å²) in [5.41, 5.74) is 0. The van der Waals surface area contributed by atoms with Gasteiger partial charge in [-0.25, -0.2) is 0 Å². The van der Waals surface area contributed by atoms with Crippen LogP contribution in [0.1, 0.15) is 0 Å². The first-order valence-corrected chi connectivity index (χ1v) is 24.6. The minimum absolute atomic E-state index is 0. The molecule has 0 aliphatic rings. The van der Waals surface area contributed by atoms with Crippen molar-refractivity contribution in [1.82, 2.24) is 0 Å². The predicted molar refractivity (Wildman–Crippen MR) is 73.9 cm³/mol. The maximum absolute atomic E-state index is 1.61. The average molecular weight is 245 g/mol. The van der Waals surface area contributed by atoms with Crippen LogP contribution in [0.4, 0.5) is 0 Å². The maximum atomic E-state index is 1.61.